The Labute approximate surface area is 110 Å². The number of hydrogen-bond acceptors (Lipinski definition) is 5. The van der Waals surface area contributed by atoms with Crippen molar-refractivity contribution >= 4 is 5.91 Å². The summed E-state index contributed by atoms with van der Waals surface area (Å²) in [5.41, 5.74) is 0.759. The summed E-state index contributed by atoms with van der Waals surface area (Å²) < 4.78 is 10.4. The van der Waals surface area contributed by atoms with Gasteiger partial charge in [-0.3, -0.25) is 4.79 Å². The average Bonchev–Trinajstić information content (AvgIpc) is 2.87. The summed E-state index contributed by atoms with van der Waals surface area (Å²) in [5, 5.41) is 6.18. The van der Waals surface area contributed by atoms with Gasteiger partial charge in [0, 0.05) is 12.6 Å². The van der Waals surface area contributed by atoms with E-state index in [0.29, 0.717) is 5.82 Å². The van der Waals surface area contributed by atoms with Crippen LogP contribution in [0.1, 0.15) is 24.5 Å². The number of aromatic nitrogens is 2. The smallest absolute Gasteiger partial charge is 0.316 e. The van der Waals surface area contributed by atoms with Gasteiger partial charge < -0.3 is 14.6 Å². The lowest BCUT2D eigenvalue weighted by Crippen LogP contribution is -2.17. The molecular weight excluding hydrogens is 246 g/mol. The van der Waals surface area contributed by atoms with Crippen molar-refractivity contribution in [2.75, 3.05) is 7.05 Å². The van der Waals surface area contributed by atoms with Gasteiger partial charge in [-0.1, -0.05) is 5.16 Å². The van der Waals surface area contributed by atoms with E-state index in [0.717, 1.165) is 11.3 Å². The maximum atomic E-state index is 11.3. The number of carbonyl (C=O) groups excluding carboxylic acids is 1. The van der Waals surface area contributed by atoms with Crippen LogP contribution in [0.3, 0.4) is 0 Å². The predicted octanol–water partition coefficient (Wildman–Crippen LogP) is 1.88. The van der Waals surface area contributed by atoms with Crippen LogP contribution < -0.4 is 10.1 Å². The van der Waals surface area contributed by atoms with Crippen LogP contribution in [0.4, 0.5) is 0 Å². The minimum atomic E-state index is -0.404. The molecule has 0 radical (unpaired) electrons. The Hall–Kier alpha value is -2.37. The first-order valence-electron chi connectivity index (χ1n) is 5.93. The molecule has 6 nitrogen and oxygen atoms in total. The molecule has 0 atom stereocenters. The second-order valence-electron chi connectivity index (χ2n) is 4.19. The van der Waals surface area contributed by atoms with Crippen LogP contribution in [0.2, 0.25) is 0 Å². The SMILES string of the molecule is CNC(=O)c1nc(-c2ccc(OC(C)C)cc2)no1. The number of ether oxygens (including phenoxy) is 1. The zero-order valence-electron chi connectivity index (χ0n) is 11.0. The lowest BCUT2D eigenvalue weighted by atomic mass is 10.2. The molecule has 1 aromatic heterocycles. The fraction of sp³-hybridized carbons (Fsp3) is 0.308. The summed E-state index contributed by atoms with van der Waals surface area (Å²) >= 11 is 0. The van der Waals surface area contributed by atoms with E-state index in [1.165, 1.54) is 7.05 Å². The zero-order valence-corrected chi connectivity index (χ0v) is 11.0. The third-order valence-corrected chi connectivity index (χ3v) is 2.33. The van der Waals surface area contributed by atoms with Gasteiger partial charge in [-0.25, -0.2) is 0 Å². The van der Waals surface area contributed by atoms with Crippen LogP contribution in [-0.2, 0) is 0 Å². The lowest BCUT2D eigenvalue weighted by Gasteiger charge is -2.09. The van der Waals surface area contributed by atoms with Gasteiger partial charge in [0.25, 0.3) is 0 Å². The summed E-state index contributed by atoms with van der Waals surface area (Å²) in [4.78, 5) is 15.3. The maximum absolute atomic E-state index is 11.3. The predicted molar refractivity (Wildman–Crippen MR) is 68.9 cm³/mol. The van der Waals surface area contributed by atoms with Crippen molar-refractivity contribution in [3.8, 4) is 17.1 Å². The van der Waals surface area contributed by atoms with Gasteiger partial charge in [-0.05, 0) is 38.1 Å². The summed E-state index contributed by atoms with van der Waals surface area (Å²) in [6, 6.07) is 7.28. The Kier molecular flexibility index (Phi) is 3.79. The molecule has 0 saturated heterocycles. The third kappa shape index (κ3) is 3.09. The second-order valence-corrected chi connectivity index (χ2v) is 4.19. The molecule has 6 heteroatoms. The number of nitrogens with one attached hydrogen (secondary N) is 1. The Morgan fingerprint density at radius 3 is 2.58 bits per heavy atom. The highest BCUT2D eigenvalue weighted by atomic mass is 16.5. The lowest BCUT2D eigenvalue weighted by molar-refractivity contribution is 0.0919. The first kappa shape index (κ1) is 13.1. The topological polar surface area (TPSA) is 77.2 Å². The van der Waals surface area contributed by atoms with E-state index in [1.54, 1.807) is 0 Å². The van der Waals surface area contributed by atoms with Crippen LogP contribution >= 0.6 is 0 Å². The van der Waals surface area contributed by atoms with Crippen molar-refractivity contribution < 1.29 is 14.1 Å². The molecule has 1 aromatic carbocycles. The molecule has 1 heterocycles. The van der Waals surface area contributed by atoms with Crippen molar-refractivity contribution in [3.63, 3.8) is 0 Å². The van der Waals surface area contributed by atoms with Gasteiger partial charge in [0.05, 0.1) is 6.10 Å². The first-order valence-corrected chi connectivity index (χ1v) is 5.93. The second kappa shape index (κ2) is 5.51. The third-order valence-electron chi connectivity index (χ3n) is 2.33. The van der Waals surface area contributed by atoms with Crippen LogP contribution in [0.25, 0.3) is 11.4 Å². The van der Waals surface area contributed by atoms with Crippen molar-refractivity contribution in [1.29, 1.82) is 0 Å². The van der Waals surface area contributed by atoms with Gasteiger partial charge in [0.15, 0.2) is 0 Å². The molecule has 100 valence electrons. The van der Waals surface area contributed by atoms with Gasteiger partial charge in [-0.15, -0.1) is 0 Å². The van der Waals surface area contributed by atoms with Gasteiger partial charge in [-0.2, -0.15) is 4.98 Å². The number of hydrogen-bond donors (Lipinski definition) is 1. The quantitative estimate of drug-likeness (QED) is 0.909. The van der Waals surface area contributed by atoms with E-state index in [2.05, 4.69) is 15.5 Å². The number of benzene rings is 1. The minimum Gasteiger partial charge on any atom is -0.491 e. The molecule has 0 aliphatic heterocycles. The van der Waals surface area contributed by atoms with E-state index in [4.69, 9.17) is 9.26 Å². The average molecular weight is 261 g/mol. The zero-order chi connectivity index (χ0) is 13.8. The maximum Gasteiger partial charge on any atom is 0.316 e. The monoisotopic (exact) mass is 261 g/mol. The summed E-state index contributed by atoms with van der Waals surface area (Å²) in [5.74, 6) is 0.682. The van der Waals surface area contributed by atoms with Gasteiger partial charge in [0.2, 0.25) is 5.82 Å². The Balaban J connectivity index is 2.18. The molecule has 0 aliphatic rings. The number of nitrogens with zero attached hydrogens (tertiary/aromatic N) is 2. The molecule has 0 spiro atoms. The number of rotatable bonds is 4. The van der Waals surface area contributed by atoms with Crippen LogP contribution in [-0.4, -0.2) is 29.2 Å². The molecule has 1 amide bonds. The molecule has 0 aliphatic carbocycles. The standard InChI is InChI=1S/C13H15N3O3/c1-8(2)18-10-6-4-9(5-7-10)11-15-13(19-16-11)12(17)14-3/h4-8H,1-3H3,(H,14,17). The molecule has 0 saturated carbocycles. The molecule has 19 heavy (non-hydrogen) atoms. The fourth-order valence-corrected chi connectivity index (χ4v) is 1.49. The van der Waals surface area contributed by atoms with Gasteiger partial charge in [0.1, 0.15) is 5.75 Å². The normalized spacial score (nSPS) is 10.5. The van der Waals surface area contributed by atoms with Crippen LogP contribution in [0, 0.1) is 0 Å². The number of amides is 1. The molecular formula is C13H15N3O3. The van der Waals surface area contributed by atoms with Crippen molar-refractivity contribution in [2.24, 2.45) is 0 Å². The highest BCUT2D eigenvalue weighted by Gasteiger charge is 2.14. The van der Waals surface area contributed by atoms with E-state index in [9.17, 15) is 4.79 Å². The fourth-order valence-electron chi connectivity index (χ4n) is 1.49. The first-order chi connectivity index (χ1) is 9.10. The van der Waals surface area contributed by atoms with E-state index < -0.39 is 5.91 Å². The van der Waals surface area contributed by atoms with E-state index in [1.807, 2.05) is 38.1 Å². The van der Waals surface area contributed by atoms with Crippen molar-refractivity contribution in [1.82, 2.24) is 15.5 Å². The molecule has 0 fully saturated rings. The van der Waals surface area contributed by atoms with Gasteiger partial charge >= 0.3 is 11.8 Å². The van der Waals surface area contributed by atoms with E-state index >= 15 is 0 Å². The molecule has 2 aromatic rings. The molecule has 1 N–H and O–H groups in total. The highest BCUT2D eigenvalue weighted by Crippen LogP contribution is 2.20. The van der Waals surface area contributed by atoms with E-state index in [-0.39, 0.29) is 12.0 Å². The van der Waals surface area contributed by atoms with Crippen LogP contribution in [0.5, 0.6) is 5.75 Å². The Bertz CT molecular complexity index is 561. The van der Waals surface area contributed by atoms with Crippen molar-refractivity contribution in [2.45, 2.75) is 20.0 Å². The summed E-state index contributed by atoms with van der Waals surface area (Å²) in [7, 11) is 1.50. The molecule has 2 rings (SSSR count). The molecule has 0 unspecified atom stereocenters. The largest absolute Gasteiger partial charge is 0.491 e. The van der Waals surface area contributed by atoms with Crippen molar-refractivity contribution in [3.05, 3.63) is 30.2 Å². The van der Waals surface area contributed by atoms with Crippen LogP contribution in [0.15, 0.2) is 28.8 Å². The minimum absolute atomic E-state index is 0.0555. The highest BCUT2D eigenvalue weighted by molar-refractivity contribution is 5.89. The summed E-state index contributed by atoms with van der Waals surface area (Å²) in [6.45, 7) is 3.92. The summed E-state index contributed by atoms with van der Waals surface area (Å²) in [6.07, 6.45) is 0.121. The molecule has 0 bridgehead atoms. The number of carbonyl (C=O) groups is 1. The Morgan fingerprint density at radius 2 is 2.00 bits per heavy atom. The Morgan fingerprint density at radius 1 is 1.32 bits per heavy atom.